The Kier molecular flexibility index (Phi) is 3.10. The molecule has 0 unspecified atom stereocenters. The number of benzene rings is 1. The van der Waals surface area contributed by atoms with Gasteiger partial charge in [-0.2, -0.15) is 5.26 Å². The van der Waals surface area contributed by atoms with Crippen molar-refractivity contribution in [3.8, 4) is 17.3 Å². The van der Waals surface area contributed by atoms with Crippen molar-refractivity contribution in [3.05, 3.63) is 53.7 Å². The van der Waals surface area contributed by atoms with E-state index >= 15 is 0 Å². The van der Waals surface area contributed by atoms with Crippen LogP contribution in [0, 0.1) is 23.0 Å². The van der Waals surface area contributed by atoms with Crippen molar-refractivity contribution in [1.29, 1.82) is 5.26 Å². The van der Waals surface area contributed by atoms with Gasteiger partial charge < -0.3 is 0 Å². The summed E-state index contributed by atoms with van der Waals surface area (Å²) in [5, 5.41) is 8.56. The third kappa shape index (κ3) is 2.28. The summed E-state index contributed by atoms with van der Waals surface area (Å²) in [6.07, 6.45) is 0.144. The molecule has 1 heterocycles. The van der Waals surface area contributed by atoms with Crippen molar-refractivity contribution in [2.75, 3.05) is 0 Å². The Morgan fingerprint density at radius 2 is 1.88 bits per heavy atom. The summed E-state index contributed by atoms with van der Waals surface area (Å²) in [5.74, 6) is -1.83. The van der Waals surface area contributed by atoms with E-state index in [1.165, 1.54) is 12.1 Å². The van der Waals surface area contributed by atoms with E-state index in [2.05, 4.69) is 4.98 Å². The van der Waals surface area contributed by atoms with E-state index in [1.54, 1.807) is 18.2 Å². The Morgan fingerprint density at radius 1 is 1.12 bits per heavy atom. The molecule has 4 heteroatoms. The number of aromatic nitrogens is 1. The summed E-state index contributed by atoms with van der Waals surface area (Å²) in [7, 11) is 0. The first-order valence-electron chi connectivity index (χ1n) is 4.99. The Morgan fingerprint density at radius 3 is 2.65 bits per heavy atom. The summed E-state index contributed by atoms with van der Waals surface area (Å²) in [5.41, 5.74) is 0.966. The largest absolute Gasteiger partial charge is 0.252 e. The molecule has 0 bridgehead atoms. The number of rotatable bonds is 2. The lowest BCUT2D eigenvalue weighted by atomic mass is 10.1. The van der Waals surface area contributed by atoms with E-state index in [-0.39, 0.29) is 12.0 Å². The van der Waals surface area contributed by atoms with Gasteiger partial charge in [-0.1, -0.05) is 12.1 Å². The zero-order chi connectivity index (χ0) is 12.3. The van der Waals surface area contributed by atoms with Crippen molar-refractivity contribution < 1.29 is 8.78 Å². The average Bonchev–Trinajstić information content (AvgIpc) is 2.33. The van der Waals surface area contributed by atoms with Gasteiger partial charge in [0.05, 0.1) is 23.9 Å². The third-order valence-electron chi connectivity index (χ3n) is 2.29. The maximum atomic E-state index is 13.5. The SMILES string of the molecule is N#CCc1cccc(-c2cccc(F)c2F)n1. The van der Waals surface area contributed by atoms with Crippen molar-refractivity contribution in [2.24, 2.45) is 0 Å². The van der Waals surface area contributed by atoms with Crippen molar-refractivity contribution in [3.63, 3.8) is 0 Å². The highest BCUT2D eigenvalue weighted by molar-refractivity contribution is 5.60. The molecule has 0 spiro atoms. The maximum Gasteiger partial charge on any atom is 0.168 e. The smallest absolute Gasteiger partial charge is 0.168 e. The fourth-order valence-electron chi connectivity index (χ4n) is 1.51. The first kappa shape index (κ1) is 11.2. The van der Waals surface area contributed by atoms with Gasteiger partial charge in [0.1, 0.15) is 0 Å². The van der Waals surface area contributed by atoms with Gasteiger partial charge in [-0.15, -0.1) is 0 Å². The summed E-state index contributed by atoms with van der Waals surface area (Å²) in [4.78, 5) is 4.11. The van der Waals surface area contributed by atoms with Gasteiger partial charge in [-0.05, 0) is 24.3 Å². The van der Waals surface area contributed by atoms with Crippen molar-refractivity contribution in [2.45, 2.75) is 6.42 Å². The predicted molar refractivity (Wildman–Crippen MR) is 58.9 cm³/mol. The molecule has 2 rings (SSSR count). The molecule has 2 nitrogen and oxygen atoms in total. The molecular formula is C13H8F2N2. The molecular weight excluding hydrogens is 222 g/mol. The van der Waals surface area contributed by atoms with Crippen LogP contribution < -0.4 is 0 Å². The van der Waals surface area contributed by atoms with E-state index in [0.29, 0.717) is 11.4 Å². The van der Waals surface area contributed by atoms with Crippen LogP contribution in [0.15, 0.2) is 36.4 Å². The van der Waals surface area contributed by atoms with Gasteiger partial charge in [0, 0.05) is 5.56 Å². The molecule has 0 atom stereocenters. The molecule has 0 fully saturated rings. The van der Waals surface area contributed by atoms with E-state index < -0.39 is 11.6 Å². The van der Waals surface area contributed by atoms with Gasteiger partial charge >= 0.3 is 0 Å². The minimum atomic E-state index is -0.922. The average molecular weight is 230 g/mol. The van der Waals surface area contributed by atoms with Crippen molar-refractivity contribution >= 4 is 0 Å². The number of hydrogen-bond donors (Lipinski definition) is 0. The zero-order valence-corrected chi connectivity index (χ0v) is 8.82. The normalized spacial score (nSPS) is 9.94. The van der Waals surface area contributed by atoms with Crippen LogP contribution in [0.1, 0.15) is 5.69 Å². The van der Waals surface area contributed by atoms with Gasteiger partial charge in [0.15, 0.2) is 11.6 Å². The minimum Gasteiger partial charge on any atom is -0.252 e. The Labute approximate surface area is 97.2 Å². The van der Waals surface area contributed by atoms with E-state index in [4.69, 9.17) is 5.26 Å². The van der Waals surface area contributed by atoms with Crippen LogP contribution in [-0.2, 0) is 6.42 Å². The van der Waals surface area contributed by atoms with Gasteiger partial charge in [0.25, 0.3) is 0 Å². The highest BCUT2D eigenvalue weighted by Crippen LogP contribution is 2.22. The standard InChI is InChI=1S/C13H8F2N2/c14-11-5-2-4-10(13(11)15)12-6-1-3-9(17-12)7-8-16/h1-6H,7H2. The number of halogens is 2. The van der Waals surface area contributed by atoms with E-state index in [1.807, 2.05) is 6.07 Å². The molecule has 1 aromatic carbocycles. The Balaban J connectivity index is 2.50. The lowest BCUT2D eigenvalue weighted by Crippen LogP contribution is -1.94. The first-order chi connectivity index (χ1) is 8.22. The number of nitrogens with zero attached hydrogens (tertiary/aromatic N) is 2. The molecule has 0 N–H and O–H groups in total. The quantitative estimate of drug-likeness (QED) is 0.794. The predicted octanol–water partition coefficient (Wildman–Crippen LogP) is 3.09. The molecule has 17 heavy (non-hydrogen) atoms. The van der Waals surface area contributed by atoms with Crippen molar-refractivity contribution in [1.82, 2.24) is 4.98 Å². The summed E-state index contributed by atoms with van der Waals surface area (Å²) in [6.45, 7) is 0. The van der Waals surface area contributed by atoms with E-state index in [0.717, 1.165) is 6.07 Å². The molecule has 0 radical (unpaired) electrons. The summed E-state index contributed by atoms with van der Waals surface area (Å²) < 4.78 is 26.6. The van der Waals surface area contributed by atoms with Gasteiger partial charge in [-0.25, -0.2) is 8.78 Å². The summed E-state index contributed by atoms with van der Waals surface area (Å²) in [6, 6.07) is 10.8. The molecule has 0 saturated carbocycles. The molecule has 0 aliphatic carbocycles. The molecule has 0 aliphatic heterocycles. The molecule has 1 aromatic heterocycles. The van der Waals surface area contributed by atoms with Gasteiger partial charge in [0.2, 0.25) is 0 Å². The highest BCUT2D eigenvalue weighted by Gasteiger charge is 2.10. The minimum absolute atomic E-state index is 0.102. The Bertz CT molecular complexity index is 588. The second-order valence-electron chi connectivity index (χ2n) is 3.45. The topological polar surface area (TPSA) is 36.7 Å². The zero-order valence-electron chi connectivity index (χ0n) is 8.82. The molecule has 2 aromatic rings. The lowest BCUT2D eigenvalue weighted by molar-refractivity contribution is 0.511. The van der Waals surface area contributed by atoms with Crippen LogP contribution in [0.5, 0.6) is 0 Å². The molecule has 84 valence electrons. The van der Waals surface area contributed by atoms with Crippen LogP contribution in [0.25, 0.3) is 11.3 Å². The third-order valence-corrected chi connectivity index (χ3v) is 2.29. The summed E-state index contributed by atoms with van der Waals surface area (Å²) >= 11 is 0. The number of hydrogen-bond acceptors (Lipinski definition) is 2. The van der Waals surface area contributed by atoms with Crippen LogP contribution in [0.3, 0.4) is 0 Å². The second-order valence-corrected chi connectivity index (χ2v) is 3.45. The van der Waals surface area contributed by atoms with Crippen LogP contribution in [0.2, 0.25) is 0 Å². The number of pyridine rings is 1. The Hall–Kier alpha value is -2.28. The van der Waals surface area contributed by atoms with Gasteiger partial charge in [-0.3, -0.25) is 4.98 Å². The fourth-order valence-corrected chi connectivity index (χ4v) is 1.51. The maximum absolute atomic E-state index is 13.5. The molecule has 0 saturated heterocycles. The van der Waals surface area contributed by atoms with Crippen LogP contribution >= 0.6 is 0 Å². The second kappa shape index (κ2) is 4.71. The highest BCUT2D eigenvalue weighted by atomic mass is 19.2. The first-order valence-corrected chi connectivity index (χ1v) is 4.99. The van der Waals surface area contributed by atoms with E-state index in [9.17, 15) is 8.78 Å². The monoisotopic (exact) mass is 230 g/mol. The molecule has 0 aliphatic rings. The lowest BCUT2D eigenvalue weighted by Gasteiger charge is -2.04. The van der Waals surface area contributed by atoms with Crippen LogP contribution in [-0.4, -0.2) is 4.98 Å². The fraction of sp³-hybridized carbons (Fsp3) is 0.0769. The number of nitriles is 1. The molecule has 0 amide bonds. The van der Waals surface area contributed by atoms with Crippen LogP contribution in [0.4, 0.5) is 8.78 Å².